The third-order valence-corrected chi connectivity index (χ3v) is 7.32. The van der Waals surface area contributed by atoms with Crippen LogP contribution in [0.2, 0.25) is 5.02 Å². The van der Waals surface area contributed by atoms with Gasteiger partial charge in [-0.15, -0.1) is 0 Å². The molecule has 234 valence electrons. The van der Waals surface area contributed by atoms with Crippen molar-refractivity contribution in [1.82, 2.24) is 24.8 Å². The molecule has 3 aromatic rings. The number of pyridine rings is 1. The van der Waals surface area contributed by atoms with Gasteiger partial charge in [0.05, 0.1) is 16.8 Å². The summed E-state index contributed by atoms with van der Waals surface area (Å²) in [6.45, 7) is 3.27. The van der Waals surface area contributed by atoms with Crippen molar-refractivity contribution in [3.05, 3.63) is 87.7 Å². The van der Waals surface area contributed by atoms with Crippen LogP contribution >= 0.6 is 11.6 Å². The highest BCUT2D eigenvalue weighted by atomic mass is 35.5. The van der Waals surface area contributed by atoms with E-state index in [-0.39, 0.29) is 35.2 Å². The molecule has 1 aromatic carbocycles. The van der Waals surface area contributed by atoms with Crippen LogP contribution in [0, 0.1) is 12.7 Å². The Kier molecular flexibility index (Phi) is 9.91. The Morgan fingerprint density at radius 2 is 1.84 bits per heavy atom. The molecule has 2 aromatic heterocycles. The van der Waals surface area contributed by atoms with Crippen LogP contribution in [0.5, 0.6) is 0 Å². The zero-order valence-electron chi connectivity index (χ0n) is 23.8. The maximum absolute atomic E-state index is 13.8. The second-order valence-corrected chi connectivity index (χ2v) is 12.2. The fourth-order valence-electron chi connectivity index (χ4n) is 4.20. The highest BCUT2D eigenvalue weighted by Gasteiger charge is 2.35. The number of nitrogens with zero attached hydrogens (tertiary/aromatic N) is 4. The van der Waals surface area contributed by atoms with Crippen LogP contribution in [0.15, 0.2) is 59.4 Å². The number of hydrogen-bond donors (Lipinski definition) is 3. The maximum atomic E-state index is 13.8. The van der Waals surface area contributed by atoms with Gasteiger partial charge in [0, 0.05) is 54.4 Å². The summed E-state index contributed by atoms with van der Waals surface area (Å²) in [4.78, 5) is 21.7. The number of aromatic nitrogens is 3. The number of benzene rings is 1. The summed E-state index contributed by atoms with van der Waals surface area (Å²) < 4.78 is 80.6. The Balaban J connectivity index is 1.83. The van der Waals surface area contributed by atoms with Crippen LogP contribution in [0.25, 0.3) is 11.4 Å². The standard InChI is InChI=1S/C28H28ClF4N7O3S/c1-16-4-7-25(37-20-5-6-23(30)22(29)13-20)38-26(40-17(2)11-24(39-40)28(31,32)33)21(10-16)18-12-19(15-34-14-18)27(41)35-8-9-36-44(3,42)43/h5-6,10-15,36H,4,7-9H2,1-3H3,(H,35,41)(H,37,38). The van der Waals surface area contributed by atoms with E-state index in [1.54, 1.807) is 6.08 Å². The molecule has 0 saturated heterocycles. The molecule has 3 N–H and O–H groups in total. The molecule has 0 fully saturated rings. The number of hydrogen-bond acceptors (Lipinski definition) is 7. The van der Waals surface area contributed by atoms with Crippen molar-refractivity contribution in [3.63, 3.8) is 0 Å². The minimum atomic E-state index is -4.72. The summed E-state index contributed by atoms with van der Waals surface area (Å²) in [5.74, 6) is -0.800. The molecule has 0 atom stereocenters. The molecule has 3 heterocycles. The predicted molar refractivity (Wildman–Crippen MR) is 160 cm³/mol. The molecule has 44 heavy (non-hydrogen) atoms. The third kappa shape index (κ3) is 8.51. The van der Waals surface area contributed by atoms with Gasteiger partial charge in [-0.2, -0.15) is 18.3 Å². The number of amides is 1. The number of carbonyl (C=O) groups excluding carboxylic acids is 1. The maximum Gasteiger partial charge on any atom is 0.435 e. The minimum absolute atomic E-state index is 0.00249. The van der Waals surface area contributed by atoms with E-state index < -0.39 is 33.6 Å². The lowest BCUT2D eigenvalue weighted by Crippen LogP contribution is -2.34. The Morgan fingerprint density at radius 3 is 2.50 bits per heavy atom. The lowest BCUT2D eigenvalue weighted by atomic mass is 10.00. The average molecular weight is 654 g/mol. The summed E-state index contributed by atoms with van der Waals surface area (Å²) >= 11 is 5.94. The van der Waals surface area contributed by atoms with E-state index in [0.717, 1.165) is 22.6 Å². The molecule has 1 amide bonds. The number of amidine groups is 1. The molecular formula is C28H28ClF4N7O3S. The monoisotopic (exact) mass is 653 g/mol. The van der Waals surface area contributed by atoms with Crippen molar-refractivity contribution in [3.8, 4) is 0 Å². The highest BCUT2D eigenvalue weighted by Crippen LogP contribution is 2.33. The number of sulfonamides is 1. The molecule has 0 unspecified atom stereocenters. The van der Waals surface area contributed by atoms with Crippen LogP contribution < -0.4 is 15.4 Å². The first-order valence-electron chi connectivity index (χ1n) is 13.1. The van der Waals surface area contributed by atoms with Gasteiger partial charge in [-0.25, -0.2) is 27.2 Å². The lowest BCUT2D eigenvalue weighted by molar-refractivity contribution is -0.141. The quantitative estimate of drug-likeness (QED) is 0.225. The van der Waals surface area contributed by atoms with E-state index >= 15 is 0 Å². The number of aryl methyl sites for hydroxylation is 1. The summed E-state index contributed by atoms with van der Waals surface area (Å²) in [7, 11) is -3.44. The van der Waals surface area contributed by atoms with Gasteiger partial charge in [-0.1, -0.05) is 23.3 Å². The normalized spacial score (nSPS) is 14.5. The largest absolute Gasteiger partial charge is 0.435 e. The zero-order valence-corrected chi connectivity index (χ0v) is 25.3. The van der Waals surface area contributed by atoms with Crippen LogP contribution in [0.3, 0.4) is 0 Å². The van der Waals surface area contributed by atoms with E-state index in [1.807, 2.05) is 6.92 Å². The number of alkyl halides is 3. The first kappa shape index (κ1) is 32.8. The number of halogens is 5. The molecule has 10 nitrogen and oxygen atoms in total. The fraction of sp³-hybridized carbons (Fsp3) is 0.286. The van der Waals surface area contributed by atoms with Gasteiger partial charge in [0.25, 0.3) is 5.91 Å². The number of rotatable bonds is 8. The lowest BCUT2D eigenvalue weighted by Gasteiger charge is -2.19. The molecular weight excluding hydrogens is 626 g/mol. The Labute approximate surface area is 256 Å². The van der Waals surface area contributed by atoms with Crippen molar-refractivity contribution in [2.24, 2.45) is 4.99 Å². The van der Waals surface area contributed by atoms with E-state index in [0.29, 0.717) is 35.5 Å². The Hall–Kier alpha value is -4.08. The minimum Gasteiger partial charge on any atom is -0.351 e. The predicted octanol–water partition coefficient (Wildman–Crippen LogP) is 5.25. The number of nitrogens with one attached hydrogen (secondary N) is 3. The smallest absolute Gasteiger partial charge is 0.351 e. The summed E-state index contributed by atoms with van der Waals surface area (Å²) in [5.41, 5.74) is 1.10. The number of carbonyl (C=O) groups is 1. The molecule has 0 radical (unpaired) electrons. The summed E-state index contributed by atoms with van der Waals surface area (Å²) in [5, 5.41) is 9.36. The highest BCUT2D eigenvalue weighted by molar-refractivity contribution is 7.88. The molecule has 1 aliphatic rings. The molecule has 0 saturated carbocycles. The second kappa shape index (κ2) is 13.3. The third-order valence-electron chi connectivity index (χ3n) is 6.30. The first-order chi connectivity index (χ1) is 20.6. The summed E-state index contributed by atoms with van der Waals surface area (Å²) in [6, 6.07) is 6.39. The topological polar surface area (TPSA) is 130 Å². The Morgan fingerprint density at radius 1 is 1.09 bits per heavy atom. The summed E-state index contributed by atoms with van der Waals surface area (Å²) in [6.07, 6.45) is 1.62. The fourth-order valence-corrected chi connectivity index (χ4v) is 4.85. The van der Waals surface area contributed by atoms with E-state index in [4.69, 9.17) is 16.6 Å². The van der Waals surface area contributed by atoms with Crippen molar-refractivity contribution >= 4 is 50.4 Å². The van der Waals surface area contributed by atoms with Gasteiger partial charge in [-0.3, -0.25) is 9.78 Å². The van der Waals surface area contributed by atoms with Crippen molar-refractivity contribution in [2.75, 3.05) is 24.7 Å². The van der Waals surface area contributed by atoms with Gasteiger partial charge < -0.3 is 10.6 Å². The SMILES string of the molecule is CC1=CC(c2cncc(C(=O)NCCNS(C)(=O)=O)c2)=C(n2nc(C(F)(F)F)cc2C)N=C(Nc2ccc(F)c(Cl)c2)CC1. The van der Waals surface area contributed by atoms with Crippen molar-refractivity contribution in [1.29, 1.82) is 0 Å². The van der Waals surface area contributed by atoms with E-state index in [2.05, 4.69) is 25.4 Å². The van der Waals surface area contributed by atoms with E-state index in [1.165, 1.54) is 43.6 Å². The molecule has 0 aliphatic carbocycles. The van der Waals surface area contributed by atoms with Crippen LogP contribution in [-0.2, 0) is 16.2 Å². The van der Waals surface area contributed by atoms with Crippen molar-refractivity contribution in [2.45, 2.75) is 32.9 Å². The van der Waals surface area contributed by atoms with Gasteiger partial charge in [-0.05, 0) is 50.6 Å². The van der Waals surface area contributed by atoms with Gasteiger partial charge >= 0.3 is 6.18 Å². The van der Waals surface area contributed by atoms with Crippen LogP contribution in [0.4, 0.5) is 23.2 Å². The first-order valence-corrected chi connectivity index (χ1v) is 15.4. The van der Waals surface area contributed by atoms with Crippen LogP contribution in [-0.4, -0.2) is 54.3 Å². The van der Waals surface area contributed by atoms with Gasteiger partial charge in [0.1, 0.15) is 11.7 Å². The van der Waals surface area contributed by atoms with Crippen molar-refractivity contribution < 1.29 is 30.8 Å². The molecule has 4 rings (SSSR count). The molecule has 16 heteroatoms. The van der Waals surface area contributed by atoms with Gasteiger partial charge in [0.2, 0.25) is 10.0 Å². The average Bonchev–Trinajstić information content (AvgIpc) is 3.33. The molecule has 0 spiro atoms. The van der Waals surface area contributed by atoms with Gasteiger partial charge in [0.15, 0.2) is 11.5 Å². The number of allylic oxidation sites excluding steroid dienone is 3. The second-order valence-electron chi connectivity index (χ2n) is 10.0. The zero-order chi connectivity index (χ0) is 32.2. The molecule has 1 aliphatic heterocycles. The van der Waals surface area contributed by atoms with Crippen LogP contribution in [0.1, 0.15) is 47.1 Å². The number of anilines is 1. The van der Waals surface area contributed by atoms with E-state index in [9.17, 15) is 30.8 Å². The molecule has 0 bridgehead atoms. The number of aliphatic imine (C=N–C) groups is 1. The Bertz CT molecular complexity index is 1780.